The standard InChI is InChI=1S/C17H21NO3/c1-12-4-5-13(2)14(10-12)15-11-17(21-16(15)19)6-8-18(20-3)9-7-17/h4-5,10-11H,6-9H2,1-3H3. The summed E-state index contributed by atoms with van der Waals surface area (Å²) in [7, 11) is 1.68. The number of hydrogen-bond acceptors (Lipinski definition) is 4. The van der Waals surface area contributed by atoms with Crippen LogP contribution in [0.3, 0.4) is 0 Å². The van der Waals surface area contributed by atoms with Gasteiger partial charge in [-0.1, -0.05) is 23.8 Å². The van der Waals surface area contributed by atoms with Crippen molar-refractivity contribution in [3.63, 3.8) is 0 Å². The number of benzene rings is 1. The first-order valence-electron chi connectivity index (χ1n) is 7.36. The van der Waals surface area contributed by atoms with Gasteiger partial charge in [-0.3, -0.25) is 0 Å². The van der Waals surface area contributed by atoms with Crippen molar-refractivity contribution in [2.45, 2.75) is 32.3 Å². The number of esters is 1. The number of nitrogens with zero attached hydrogens (tertiary/aromatic N) is 1. The average Bonchev–Trinajstić information content (AvgIpc) is 2.79. The zero-order valence-corrected chi connectivity index (χ0v) is 12.8. The van der Waals surface area contributed by atoms with Crippen LogP contribution in [0.4, 0.5) is 0 Å². The molecule has 0 unspecified atom stereocenters. The molecule has 0 bridgehead atoms. The summed E-state index contributed by atoms with van der Waals surface area (Å²) in [5.74, 6) is -0.199. The molecule has 4 heteroatoms. The van der Waals surface area contributed by atoms with Crippen molar-refractivity contribution in [3.8, 4) is 0 Å². The van der Waals surface area contributed by atoms with Gasteiger partial charge >= 0.3 is 5.97 Å². The predicted molar refractivity (Wildman–Crippen MR) is 80.5 cm³/mol. The quantitative estimate of drug-likeness (QED) is 0.784. The van der Waals surface area contributed by atoms with Gasteiger partial charge in [0.2, 0.25) is 0 Å². The van der Waals surface area contributed by atoms with Crippen molar-refractivity contribution >= 4 is 11.5 Å². The van der Waals surface area contributed by atoms with E-state index in [1.807, 2.05) is 25.0 Å². The van der Waals surface area contributed by atoms with Crippen LogP contribution >= 0.6 is 0 Å². The maximum absolute atomic E-state index is 12.3. The fourth-order valence-electron chi connectivity index (χ4n) is 3.10. The van der Waals surface area contributed by atoms with Gasteiger partial charge in [-0.15, -0.1) is 0 Å². The Morgan fingerprint density at radius 2 is 1.95 bits per heavy atom. The van der Waals surface area contributed by atoms with Crippen LogP contribution in [0.15, 0.2) is 24.3 Å². The van der Waals surface area contributed by atoms with Gasteiger partial charge in [0, 0.05) is 25.9 Å². The molecule has 0 aliphatic carbocycles. The number of rotatable bonds is 2. The number of hydrogen-bond donors (Lipinski definition) is 0. The zero-order valence-electron chi connectivity index (χ0n) is 12.8. The van der Waals surface area contributed by atoms with Crippen molar-refractivity contribution in [1.82, 2.24) is 5.06 Å². The molecule has 0 aromatic heterocycles. The maximum atomic E-state index is 12.3. The van der Waals surface area contributed by atoms with Crippen LogP contribution in [0.2, 0.25) is 0 Å². The molecule has 1 saturated heterocycles. The molecule has 0 radical (unpaired) electrons. The Morgan fingerprint density at radius 3 is 2.62 bits per heavy atom. The fourth-order valence-corrected chi connectivity index (χ4v) is 3.10. The van der Waals surface area contributed by atoms with Gasteiger partial charge in [0.1, 0.15) is 5.60 Å². The fraction of sp³-hybridized carbons (Fsp3) is 0.471. The average molecular weight is 287 g/mol. The van der Waals surface area contributed by atoms with E-state index in [0.717, 1.165) is 42.6 Å². The van der Waals surface area contributed by atoms with E-state index >= 15 is 0 Å². The third-order valence-electron chi connectivity index (χ3n) is 4.43. The number of ether oxygens (including phenoxy) is 1. The first-order valence-corrected chi connectivity index (χ1v) is 7.36. The topological polar surface area (TPSA) is 38.8 Å². The Balaban J connectivity index is 1.91. The van der Waals surface area contributed by atoms with Crippen LogP contribution in [0.5, 0.6) is 0 Å². The molecule has 4 nitrogen and oxygen atoms in total. The van der Waals surface area contributed by atoms with Gasteiger partial charge in [-0.05, 0) is 31.1 Å². The van der Waals surface area contributed by atoms with Gasteiger partial charge in [0.05, 0.1) is 12.7 Å². The van der Waals surface area contributed by atoms with E-state index < -0.39 is 5.60 Å². The van der Waals surface area contributed by atoms with Crippen molar-refractivity contribution < 1.29 is 14.4 Å². The molecule has 2 heterocycles. The lowest BCUT2D eigenvalue weighted by Gasteiger charge is -2.35. The molecule has 0 N–H and O–H groups in total. The van der Waals surface area contributed by atoms with Crippen molar-refractivity contribution in [1.29, 1.82) is 0 Å². The first-order chi connectivity index (χ1) is 10.0. The highest BCUT2D eigenvalue weighted by Crippen LogP contribution is 2.38. The lowest BCUT2D eigenvalue weighted by Crippen LogP contribution is -2.43. The summed E-state index contributed by atoms with van der Waals surface area (Å²) in [6.07, 6.45) is 3.59. The van der Waals surface area contributed by atoms with Crippen LogP contribution in [0.1, 0.15) is 29.5 Å². The maximum Gasteiger partial charge on any atom is 0.339 e. The Labute approximate surface area is 125 Å². The third kappa shape index (κ3) is 2.61. The molecule has 3 rings (SSSR count). The molecule has 112 valence electrons. The largest absolute Gasteiger partial charge is 0.451 e. The molecule has 2 aliphatic rings. The summed E-state index contributed by atoms with van der Waals surface area (Å²) < 4.78 is 5.73. The van der Waals surface area contributed by atoms with Crippen LogP contribution in [-0.2, 0) is 14.4 Å². The van der Waals surface area contributed by atoms with Crippen LogP contribution in [0, 0.1) is 13.8 Å². The SMILES string of the molecule is CON1CCC2(C=C(c3cc(C)ccc3C)C(=O)O2)CC1. The monoisotopic (exact) mass is 287 g/mol. The highest BCUT2D eigenvalue weighted by atomic mass is 16.7. The summed E-state index contributed by atoms with van der Waals surface area (Å²) in [5, 5.41) is 1.91. The number of carbonyl (C=O) groups is 1. The van der Waals surface area contributed by atoms with Crippen molar-refractivity contribution in [3.05, 3.63) is 41.0 Å². The first kappa shape index (κ1) is 14.3. The number of piperidine rings is 1. The molecule has 1 aromatic carbocycles. The van der Waals surface area contributed by atoms with E-state index in [4.69, 9.17) is 9.57 Å². The minimum atomic E-state index is -0.447. The lowest BCUT2D eigenvalue weighted by molar-refractivity contribution is -0.177. The molecule has 21 heavy (non-hydrogen) atoms. The Morgan fingerprint density at radius 1 is 1.24 bits per heavy atom. The van der Waals surface area contributed by atoms with E-state index in [0.29, 0.717) is 5.57 Å². The van der Waals surface area contributed by atoms with E-state index in [1.165, 1.54) is 0 Å². The van der Waals surface area contributed by atoms with Crippen LogP contribution in [0.25, 0.3) is 5.57 Å². The summed E-state index contributed by atoms with van der Waals surface area (Å²) in [6, 6.07) is 6.18. The second-order valence-corrected chi connectivity index (χ2v) is 5.94. The number of hydroxylamine groups is 2. The zero-order chi connectivity index (χ0) is 15.0. The van der Waals surface area contributed by atoms with Gasteiger partial charge in [-0.25, -0.2) is 4.79 Å². The Hall–Kier alpha value is -1.65. The van der Waals surface area contributed by atoms with Gasteiger partial charge in [0.15, 0.2) is 0 Å². The molecule has 1 fully saturated rings. The lowest BCUT2D eigenvalue weighted by atomic mass is 9.89. The summed E-state index contributed by atoms with van der Waals surface area (Å²) >= 11 is 0. The Kier molecular flexibility index (Phi) is 3.59. The van der Waals surface area contributed by atoms with Gasteiger partial charge in [-0.2, -0.15) is 5.06 Å². The van der Waals surface area contributed by atoms with Gasteiger partial charge < -0.3 is 9.57 Å². The smallest absolute Gasteiger partial charge is 0.339 e. The Bertz CT molecular complexity index is 598. The minimum absolute atomic E-state index is 0.199. The number of carbonyl (C=O) groups excluding carboxylic acids is 1. The molecule has 0 atom stereocenters. The van der Waals surface area contributed by atoms with E-state index in [1.54, 1.807) is 7.11 Å². The van der Waals surface area contributed by atoms with E-state index in [9.17, 15) is 4.79 Å². The molecule has 0 amide bonds. The molecule has 2 aliphatic heterocycles. The summed E-state index contributed by atoms with van der Waals surface area (Å²) in [6.45, 7) is 5.62. The summed E-state index contributed by atoms with van der Waals surface area (Å²) in [4.78, 5) is 17.6. The molecule has 1 spiro atoms. The number of aryl methyl sites for hydroxylation is 2. The second kappa shape index (κ2) is 5.28. The minimum Gasteiger partial charge on any atom is -0.451 e. The van der Waals surface area contributed by atoms with Crippen LogP contribution < -0.4 is 0 Å². The predicted octanol–water partition coefficient (Wildman–Crippen LogP) is 2.64. The second-order valence-electron chi connectivity index (χ2n) is 5.94. The molecular formula is C17H21NO3. The van der Waals surface area contributed by atoms with Gasteiger partial charge in [0.25, 0.3) is 0 Å². The normalized spacial score (nSPS) is 21.5. The molecule has 0 saturated carbocycles. The van der Waals surface area contributed by atoms with E-state index in [2.05, 4.69) is 18.2 Å². The highest BCUT2D eigenvalue weighted by molar-refractivity contribution is 6.19. The van der Waals surface area contributed by atoms with Crippen molar-refractivity contribution in [2.24, 2.45) is 0 Å². The third-order valence-corrected chi connectivity index (χ3v) is 4.43. The van der Waals surface area contributed by atoms with Crippen molar-refractivity contribution in [2.75, 3.05) is 20.2 Å². The van der Waals surface area contributed by atoms with E-state index in [-0.39, 0.29) is 5.97 Å². The molecular weight excluding hydrogens is 266 g/mol. The highest BCUT2D eigenvalue weighted by Gasteiger charge is 2.43. The summed E-state index contributed by atoms with van der Waals surface area (Å²) in [5.41, 5.74) is 3.51. The molecule has 1 aromatic rings. The van der Waals surface area contributed by atoms with Crippen LogP contribution in [-0.4, -0.2) is 36.8 Å².